The topological polar surface area (TPSA) is 150 Å². The fourth-order valence-corrected chi connectivity index (χ4v) is 8.62. The van der Waals surface area contributed by atoms with Crippen LogP contribution in [0.2, 0.25) is 0 Å². The average molecular weight is 728 g/mol. The van der Waals surface area contributed by atoms with Gasteiger partial charge in [0.15, 0.2) is 0 Å². The van der Waals surface area contributed by atoms with Gasteiger partial charge in [-0.3, -0.25) is 0 Å². The second-order valence-corrected chi connectivity index (χ2v) is 13.5. The molecule has 0 spiro atoms. The SMILES string of the molecule is CC#N.CCN(CC)c1nc2nc(n1)[Se]c1nc(nc(N(CC)CC)n1)[Se]c1nc(nc(N(CC)CC)n1)[Se]2. The van der Waals surface area contributed by atoms with E-state index in [2.05, 4.69) is 56.2 Å². The fourth-order valence-electron chi connectivity index (χ4n) is 3.45. The number of rotatable bonds is 9. The zero-order valence-corrected chi connectivity index (χ0v) is 28.4. The van der Waals surface area contributed by atoms with Crippen LogP contribution < -0.4 is 43.0 Å². The third kappa shape index (κ3) is 8.24. The van der Waals surface area contributed by atoms with Gasteiger partial charge in [0.05, 0.1) is 6.07 Å². The first-order valence-electron chi connectivity index (χ1n) is 12.8. The number of fused-ring (bicyclic) bond motifs is 6. The van der Waals surface area contributed by atoms with Gasteiger partial charge in [-0.1, -0.05) is 0 Å². The van der Waals surface area contributed by atoms with Crippen molar-refractivity contribution >= 4 is 91.1 Å². The Morgan fingerprint density at radius 1 is 0.462 bits per heavy atom. The molecular formula is C23H33N13Se3. The minimum atomic E-state index is -0.293. The molecule has 0 N–H and O–H groups in total. The molecule has 1 aliphatic rings. The van der Waals surface area contributed by atoms with Crippen LogP contribution >= 0.6 is 0 Å². The number of hydrogen-bond acceptors (Lipinski definition) is 13. The van der Waals surface area contributed by atoms with Crippen LogP contribution in [0.25, 0.3) is 0 Å². The van der Waals surface area contributed by atoms with Gasteiger partial charge in [0, 0.05) is 6.92 Å². The third-order valence-electron chi connectivity index (χ3n) is 5.43. The van der Waals surface area contributed by atoms with Crippen LogP contribution in [-0.4, -0.2) is 129 Å². The Balaban J connectivity index is 0.00000134. The van der Waals surface area contributed by atoms with Crippen molar-refractivity contribution in [2.45, 2.75) is 48.5 Å². The molecule has 4 heterocycles. The van der Waals surface area contributed by atoms with Crippen molar-refractivity contribution in [3.63, 3.8) is 0 Å². The van der Waals surface area contributed by atoms with Gasteiger partial charge in [-0.05, 0) is 0 Å². The summed E-state index contributed by atoms with van der Waals surface area (Å²) < 4.78 is 4.28. The predicted octanol–water partition coefficient (Wildman–Crippen LogP) is -3.41. The van der Waals surface area contributed by atoms with Crippen molar-refractivity contribution in [2.75, 3.05) is 54.0 Å². The van der Waals surface area contributed by atoms with E-state index >= 15 is 0 Å². The molecule has 0 saturated heterocycles. The Bertz CT molecular complexity index is 1070. The summed E-state index contributed by atoms with van der Waals surface area (Å²) in [6, 6.07) is 1.75. The normalized spacial score (nSPS) is 11.7. The van der Waals surface area contributed by atoms with Crippen molar-refractivity contribution in [1.82, 2.24) is 44.9 Å². The molecule has 3 aromatic rings. The second-order valence-electron chi connectivity index (χ2n) is 7.65. The van der Waals surface area contributed by atoms with E-state index in [1.807, 2.05) is 0 Å². The average Bonchev–Trinajstić information content (AvgIpc) is 2.90. The molecule has 0 fully saturated rings. The maximum atomic E-state index is 7.32. The number of nitrogens with zero attached hydrogens (tertiary/aromatic N) is 13. The van der Waals surface area contributed by atoms with Crippen molar-refractivity contribution < 1.29 is 0 Å². The van der Waals surface area contributed by atoms with Crippen LogP contribution in [-0.2, 0) is 0 Å². The molecule has 0 amide bonds. The monoisotopic (exact) mass is 731 g/mol. The van der Waals surface area contributed by atoms with Gasteiger partial charge in [0.2, 0.25) is 0 Å². The summed E-state index contributed by atoms with van der Waals surface area (Å²) in [5.41, 5.74) is 0. The van der Waals surface area contributed by atoms with E-state index in [1.165, 1.54) is 6.92 Å². The first-order valence-corrected chi connectivity index (χ1v) is 17.9. The zero-order chi connectivity index (χ0) is 28.4. The second kappa shape index (κ2) is 15.3. The van der Waals surface area contributed by atoms with Crippen molar-refractivity contribution in [3.05, 3.63) is 0 Å². The summed E-state index contributed by atoms with van der Waals surface area (Å²) in [4.78, 5) is 49.8. The number of aromatic nitrogens is 9. The van der Waals surface area contributed by atoms with E-state index in [1.54, 1.807) is 6.07 Å². The molecule has 6 bridgehead atoms. The molecule has 0 aliphatic carbocycles. The van der Waals surface area contributed by atoms with Crippen molar-refractivity contribution in [2.24, 2.45) is 0 Å². The van der Waals surface area contributed by atoms with Crippen LogP contribution in [0.4, 0.5) is 17.8 Å². The summed E-state index contributed by atoms with van der Waals surface area (Å²) in [5.74, 6) is 2.05. The number of anilines is 3. The maximum absolute atomic E-state index is 7.32. The van der Waals surface area contributed by atoms with Gasteiger partial charge in [-0.2, -0.15) is 5.26 Å². The Morgan fingerprint density at radius 2 is 0.641 bits per heavy atom. The van der Waals surface area contributed by atoms with Crippen molar-refractivity contribution in [3.8, 4) is 6.07 Å². The molecule has 0 unspecified atom stereocenters. The number of hydrogen-bond donors (Lipinski definition) is 0. The Kier molecular flexibility index (Phi) is 12.2. The molecule has 13 nitrogen and oxygen atoms in total. The minimum absolute atomic E-state index is 0.293. The van der Waals surface area contributed by atoms with Crippen LogP contribution in [0.3, 0.4) is 0 Å². The first-order chi connectivity index (χ1) is 18.9. The van der Waals surface area contributed by atoms with Gasteiger partial charge < -0.3 is 0 Å². The van der Waals surface area contributed by atoms with E-state index in [0.717, 1.165) is 39.3 Å². The van der Waals surface area contributed by atoms with E-state index < -0.39 is 0 Å². The Labute approximate surface area is 248 Å². The van der Waals surface area contributed by atoms with Gasteiger partial charge in [-0.25, -0.2) is 0 Å². The quantitative estimate of drug-likeness (QED) is 0.158. The van der Waals surface area contributed by atoms with Gasteiger partial charge in [0.1, 0.15) is 0 Å². The van der Waals surface area contributed by atoms with Crippen LogP contribution in [0.1, 0.15) is 48.5 Å². The van der Waals surface area contributed by atoms with Crippen molar-refractivity contribution in [1.29, 1.82) is 5.26 Å². The Morgan fingerprint density at radius 3 is 0.795 bits per heavy atom. The molecule has 0 radical (unpaired) electrons. The van der Waals surface area contributed by atoms with Gasteiger partial charge in [-0.15, -0.1) is 0 Å². The molecule has 0 saturated carbocycles. The van der Waals surface area contributed by atoms with E-state index in [9.17, 15) is 0 Å². The summed E-state index contributed by atoms with van der Waals surface area (Å²) in [5, 5.41) is 7.32. The standard InChI is InChI=1S/C21H30N12Se3.C2H3N/c1-7-31(8-2)13-22-16-28-17(23-13)35-19-25-15(33(11-5)12-6)27-21(30-19)36-20-26-14(32(9-3)10-4)24-18(29-20)34-16;1-2-3/h7-12H2,1-6H3;1H3. The van der Waals surface area contributed by atoms with Crippen LogP contribution in [0.15, 0.2) is 0 Å². The summed E-state index contributed by atoms with van der Waals surface area (Å²) in [6.45, 7) is 18.9. The molecule has 1 aliphatic heterocycles. The molecule has 0 atom stereocenters. The first kappa shape index (κ1) is 31.0. The van der Waals surface area contributed by atoms with E-state index in [-0.39, 0.29) is 44.9 Å². The molecular weight excluding hydrogens is 695 g/mol. The molecule has 208 valence electrons. The van der Waals surface area contributed by atoms with E-state index in [0.29, 0.717) is 46.2 Å². The fraction of sp³-hybridized carbons (Fsp3) is 0.565. The zero-order valence-electron chi connectivity index (χ0n) is 23.3. The third-order valence-corrected chi connectivity index (χ3v) is 10.0. The Hall–Kier alpha value is -2.52. The van der Waals surface area contributed by atoms with Crippen LogP contribution in [0, 0.1) is 11.3 Å². The molecule has 39 heavy (non-hydrogen) atoms. The van der Waals surface area contributed by atoms with Crippen LogP contribution in [0.5, 0.6) is 0 Å². The molecule has 3 aromatic heterocycles. The summed E-state index contributed by atoms with van der Waals surface area (Å²) in [6.07, 6.45) is 0. The summed E-state index contributed by atoms with van der Waals surface area (Å²) >= 11 is -0.878. The predicted molar refractivity (Wildman–Crippen MR) is 157 cm³/mol. The van der Waals surface area contributed by atoms with Gasteiger partial charge in [0.25, 0.3) is 0 Å². The number of nitriles is 1. The van der Waals surface area contributed by atoms with Gasteiger partial charge >= 0.3 is 231 Å². The summed E-state index contributed by atoms with van der Waals surface area (Å²) in [7, 11) is 0. The molecule has 16 heteroatoms. The molecule has 0 aromatic carbocycles. The van der Waals surface area contributed by atoms with E-state index in [4.69, 9.17) is 50.1 Å². The molecule has 4 rings (SSSR count).